The maximum atomic E-state index is 6.33. The third-order valence-corrected chi connectivity index (χ3v) is 9.89. The van der Waals surface area contributed by atoms with E-state index in [-0.39, 0.29) is 24.8 Å². The minimum absolute atomic E-state index is 0. The molecule has 54 heavy (non-hydrogen) atoms. The summed E-state index contributed by atoms with van der Waals surface area (Å²) in [6.07, 6.45) is 5.87. The van der Waals surface area contributed by atoms with Gasteiger partial charge in [-0.15, -0.1) is 24.8 Å². The number of ether oxygens (including phenoxy) is 6. The van der Waals surface area contributed by atoms with Crippen LogP contribution in [0.25, 0.3) is 22.3 Å². The lowest BCUT2D eigenvalue weighted by Crippen LogP contribution is -2.44. The van der Waals surface area contributed by atoms with Crippen molar-refractivity contribution in [2.45, 2.75) is 32.0 Å². The second-order valence-corrected chi connectivity index (χ2v) is 13.2. The molecule has 1 aliphatic rings. The van der Waals surface area contributed by atoms with Crippen LogP contribution >= 0.6 is 36.4 Å². The van der Waals surface area contributed by atoms with Gasteiger partial charge in [-0.25, -0.2) is 0 Å². The van der Waals surface area contributed by atoms with Gasteiger partial charge in [-0.1, -0.05) is 29.8 Å². The lowest BCUT2D eigenvalue weighted by atomic mass is 9.98. The quantitative estimate of drug-likeness (QED) is 0.109. The van der Waals surface area contributed by atoms with Crippen LogP contribution in [-0.2, 0) is 13.1 Å². The Kier molecular flexibility index (Phi) is 15.4. The summed E-state index contributed by atoms with van der Waals surface area (Å²) in [5.74, 6) is 3.62. The van der Waals surface area contributed by atoms with Crippen molar-refractivity contribution in [3.05, 3.63) is 107 Å². The van der Waals surface area contributed by atoms with Crippen molar-refractivity contribution in [1.82, 2.24) is 9.88 Å². The Morgan fingerprint density at radius 1 is 0.611 bits per heavy atom. The van der Waals surface area contributed by atoms with Crippen LogP contribution in [-0.4, -0.2) is 71.7 Å². The molecule has 288 valence electrons. The Bertz CT molecular complexity index is 1920. The molecule has 0 amide bonds. The first-order valence-electron chi connectivity index (χ1n) is 17.3. The molecule has 0 bridgehead atoms. The van der Waals surface area contributed by atoms with Crippen LogP contribution in [0, 0.1) is 0 Å². The van der Waals surface area contributed by atoms with Crippen molar-refractivity contribution in [2.75, 3.05) is 60.6 Å². The highest BCUT2D eigenvalue weighted by Crippen LogP contribution is 2.42. The van der Waals surface area contributed by atoms with Crippen LogP contribution in [0.3, 0.4) is 0 Å². The molecular formula is C42H48Cl3N3O6. The predicted molar refractivity (Wildman–Crippen MR) is 221 cm³/mol. The molecule has 5 aromatic rings. The average Bonchev–Trinajstić information content (AvgIpc) is 3.19. The number of anilines is 1. The Balaban J connectivity index is 0.00000325. The number of rotatable bonds is 14. The zero-order chi connectivity index (χ0) is 36.6. The molecule has 0 N–H and O–H groups in total. The van der Waals surface area contributed by atoms with Gasteiger partial charge >= 0.3 is 0 Å². The molecule has 0 spiro atoms. The van der Waals surface area contributed by atoms with E-state index in [0.717, 1.165) is 77.5 Å². The van der Waals surface area contributed by atoms with Crippen molar-refractivity contribution < 1.29 is 28.4 Å². The summed E-state index contributed by atoms with van der Waals surface area (Å²) in [5.41, 5.74) is 7.53. The van der Waals surface area contributed by atoms with Gasteiger partial charge in [0.2, 0.25) is 11.5 Å². The van der Waals surface area contributed by atoms with Gasteiger partial charge < -0.3 is 33.3 Å². The maximum absolute atomic E-state index is 6.33. The summed E-state index contributed by atoms with van der Waals surface area (Å²) in [4.78, 5) is 9.63. The lowest BCUT2D eigenvalue weighted by Gasteiger charge is -2.40. The number of halogens is 3. The number of hydrogen-bond donors (Lipinski definition) is 0. The predicted octanol–water partition coefficient (Wildman–Crippen LogP) is 9.64. The van der Waals surface area contributed by atoms with Crippen LogP contribution in [0.5, 0.6) is 34.5 Å². The van der Waals surface area contributed by atoms with E-state index in [2.05, 4.69) is 57.2 Å². The highest BCUT2D eigenvalue weighted by atomic mass is 35.5. The second kappa shape index (κ2) is 19.7. The van der Waals surface area contributed by atoms with Gasteiger partial charge in [0.1, 0.15) is 0 Å². The van der Waals surface area contributed by atoms with Gasteiger partial charge in [-0.05, 0) is 101 Å². The fraction of sp³-hybridized carbons (Fsp3) is 0.310. The summed E-state index contributed by atoms with van der Waals surface area (Å²) < 4.78 is 33.5. The molecular weight excluding hydrogens is 749 g/mol. The third-order valence-electron chi connectivity index (χ3n) is 9.63. The van der Waals surface area contributed by atoms with E-state index in [1.54, 1.807) is 42.7 Å². The smallest absolute Gasteiger partial charge is 0.203 e. The fourth-order valence-electron chi connectivity index (χ4n) is 6.98. The van der Waals surface area contributed by atoms with Crippen molar-refractivity contribution in [1.29, 1.82) is 0 Å². The maximum Gasteiger partial charge on any atom is 0.203 e. The zero-order valence-electron chi connectivity index (χ0n) is 31.5. The Morgan fingerprint density at radius 2 is 1.13 bits per heavy atom. The van der Waals surface area contributed by atoms with Crippen molar-refractivity contribution in [2.24, 2.45) is 0 Å². The molecule has 1 aliphatic heterocycles. The van der Waals surface area contributed by atoms with Crippen molar-refractivity contribution >= 4 is 42.1 Å². The number of pyridine rings is 1. The van der Waals surface area contributed by atoms with E-state index >= 15 is 0 Å². The number of methoxy groups -OCH3 is 6. The normalized spacial score (nSPS) is 12.9. The van der Waals surface area contributed by atoms with E-state index in [1.807, 2.05) is 48.8 Å². The van der Waals surface area contributed by atoms with Crippen LogP contribution < -0.4 is 33.3 Å². The number of nitrogens with zero attached hydrogens (tertiary/aromatic N) is 3. The van der Waals surface area contributed by atoms with Crippen LogP contribution in [0.1, 0.15) is 24.0 Å². The summed E-state index contributed by atoms with van der Waals surface area (Å²) in [7, 11) is 9.75. The first-order valence-corrected chi connectivity index (χ1v) is 17.6. The van der Waals surface area contributed by atoms with Crippen LogP contribution in [0.2, 0.25) is 5.02 Å². The van der Waals surface area contributed by atoms with E-state index in [1.165, 1.54) is 5.56 Å². The molecule has 0 saturated carbocycles. The van der Waals surface area contributed by atoms with Crippen LogP contribution in [0.15, 0.2) is 91.3 Å². The molecule has 9 nitrogen and oxygen atoms in total. The van der Waals surface area contributed by atoms with E-state index in [9.17, 15) is 0 Å². The highest BCUT2D eigenvalue weighted by Gasteiger charge is 2.26. The molecule has 1 aromatic heterocycles. The number of piperidine rings is 1. The Hall–Kier alpha value is -4.54. The number of benzene rings is 4. The first kappa shape index (κ1) is 42.2. The SMILES string of the molecule is COc1cc(-c2cncc(CN3CCC(N(Cc4cccc(-c5cc(OC)c(OC)c(OC)c5)c4)c4ccc(Cl)cc4)CC3)c2)cc(OC)c1OC.Cl.Cl. The van der Waals surface area contributed by atoms with Crippen molar-refractivity contribution in [3.8, 4) is 56.8 Å². The minimum atomic E-state index is 0. The summed E-state index contributed by atoms with van der Waals surface area (Å²) >= 11 is 6.33. The molecule has 0 aliphatic carbocycles. The Labute approximate surface area is 335 Å². The van der Waals surface area contributed by atoms with Crippen LogP contribution in [0.4, 0.5) is 5.69 Å². The number of likely N-dealkylation sites (tertiary alicyclic amines) is 1. The second-order valence-electron chi connectivity index (χ2n) is 12.7. The third kappa shape index (κ3) is 9.57. The van der Waals surface area contributed by atoms with Gasteiger partial charge in [0.25, 0.3) is 0 Å². The molecule has 12 heteroatoms. The summed E-state index contributed by atoms with van der Waals surface area (Å²) in [6, 6.07) is 27.3. The molecule has 0 radical (unpaired) electrons. The zero-order valence-corrected chi connectivity index (χ0v) is 33.9. The largest absolute Gasteiger partial charge is 0.493 e. The van der Waals surface area contributed by atoms with E-state index in [0.29, 0.717) is 40.5 Å². The van der Waals surface area contributed by atoms with Gasteiger partial charge in [-0.3, -0.25) is 9.88 Å². The van der Waals surface area contributed by atoms with E-state index in [4.69, 9.17) is 40.0 Å². The molecule has 0 unspecified atom stereocenters. The van der Waals surface area contributed by atoms with Crippen molar-refractivity contribution in [3.63, 3.8) is 0 Å². The standard InChI is InChI=1S/C42H46ClN3O6.2ClH/c1-47-37-20-31(21-38(48-2)41(37)51-5)30-9-7-8-28(18-30)27-46(35-12-10-34(43)11-13-35)36-14-16-45(17-15-36)26-29-19-33(25-44-24-29)32-22-39(49-3)42(52-6)40(23-32)50-4;;/h7-13,18-25,36H,14-17,26-27H2,1-6H3;2*1H. The summed E-state index contributed by atoms with van der Waals surface area (Å²) in [6.45, 7) is 3.50. The van der Waals surface area contributed by atoms with Gasteiger partial charge in [0, 0.05) is 60.9 Å². The molecule has 1 saturated heterocycles. The molecule has 1 fully saturated rings. The first-order chi connectivity index (χ1) is 25.4. The van der Waals surface area contributed by atoms with Gasteiger partial charge in [0.05, 0.1) is 42.7 Å². The van der Waals surface area contributed by atoms with E-state index < -0.39 is 0 Å². The van der Waals surface area contributed by atoms with Gasteiger partial charge in [0.15, 0.2) is 23.0 Å². The average molecular weight is 797 g/mol. The lowest BCUT2D eigenvalue weighted by molar-refractivity contribution is 0.200. The molecule has 0 atom stereocenters. The minimum Gasteiger partial charge on any atom is -0.493 e. The number of hydrogen-bond acceptors (Lipinski definition) is 9. The number of aromatic nitrogens is 1. The monoisotopic (exact) mass is 795 g/mol. The summed E-state index contributed by atoms with van der Waals surface area (Å²) in [5, 5.41) is 0.727. The molecule has 6 rings (SSSR count). The molecule has 2 heterocycles. The fourth-order valence-corrected chi connectivity index (χ4v) is 7.11. The Morgan fingerprint density at radius 3 is 1.65 bits per heavy atom. The molecule has 4 aromatic carbocycles. The topological polar surface area (TPSA) is 74.8 Å². The van der Waals surface area contributed by atoms with Gasteiger partial charge in [-0.2, -0.15) is 0 Å². The highest BCUT2D eigenvalue weighted by molar-refractivity contribution is 6.30.